The van der Waals surface area contributed by atoms with E-state index in [1.807, 2.05) is 11.9 Å². The Morgan fingerprint density at radius 3 is 2.51 bits per heavy atom. The second kappa shape index (κ2) is 11.1. The van der Waals surface area contributed by atoms with Gasteiger partial charge in [0.15, 0.2) is 5.11 Å². The molecule has 0 N–H and O–H groups in total. The van der Waals surface area contributed by atoms with Crippen LogP contribution in [0.4, 0.5) is 18.9 Å². The molecule has 0 spiro atoms. The first-order chi connectivity index (χ1) is 18.3. The van der Waals surface area contributed by atoms with Crippen molar-refractivity contribution in [3.05, 3.63) is 47.9 Å². The van der Waals surface area contributed by atoms with Crippen LogP contribution in [0.1, 0.15) is 32.4 Å². The third-order valence-electron chi connectivity index (χ3n) is 7.41. The molecule has 4 rings (SSSR count). The number of amides is 2. The Bertz CT molecular complexity index is 1230. The van der Waals surface area contributed by atoms with Gasteiger partial charge in [0.25, 0.3) is 5.91 Å². The Labute approximate surface area is 231 Å². The van der Waals surface area contributed by atoms with Crippen molar-refractivity contribution < 1.29 is 22.8 Å². The van der Waals surface area contributed by atoms with Crippen LogP contribution in [0.25, 0.3) is 0 Å². The summed E-state index contributed by atoms with van der Waals surface area (Å²) in [6, 6.07) is 5.23. The van der Waals surface area contributed by atoms with E-state index in [-0.39, 0.29) is 16.7 Å². The number of anilines is 1. The molecule has 3 aliphatic rings. The van der Waals surface area contributed by atoms with Crippen LogP contribution in [-0.2, 0) is 16.0 Å². The number of pyridine rings is 1. The van der Waals surface area contributed by atoms with Gasteiger partial charge in [0.1, 0.15) is 5.54 Å². The van der Waals surface area contributed by atoms with Gasteiger partial charge in [-0.2, -0.15) is 18.4 Å². The summed E-state index contributed by atoms with van der Waals surface area (Å²) < 4.78 is 40.8. The molecular formula is C27H31F3N6O2S. The lowest BCUT2D eigenvalue weighted by molar-refractivity contribution is -0.166. The zero-order valence-electron chi connectivity index (χ0n) is 22.1. The Morgan fingerprint density at radius 1 is 1.23 bits per heavy atom. The number of nitriles is 1. The molecule has 2 atom stereocenters. The van der Waals surface area contributed by atoms with E-state index in [9.17, 15) is 22.8 Å². The Hall–Kier alpha value is -3.30. The summed E-state index contributed by atoms with van der Waals surface area (Å²) in [4.78, 5) is 37.1. The van der Waals surface area contributed by atoms with Crippen molar-refractivity contribution in [1.29, 1.82) is 5.26 Å². The number of hydrogen-bond acceptors (Lipinski definition) is 6. The van der Waals surface area contributed by atoms with Crippen molar-refractivity contribution in [3.8, 4) is 6.07 Å². The molecule has 2 aliphatic heterocycles. The highest BCUT2D eigenvalue weighted by Crippen LogP contribution is 2.41. The van der Waals surface area contributed by atoms with Crippen LogP contribution >= 0.6 is 12.2 Å². The molecule has 1 aromatic rings. The summed E-state index contributed by atoms with van der Waals surface area (Å²) in [7, 11) is 2.04. The van der Waals surface area contributed by atoms with Gasteiger partial charge < -0.3 is 14.7 Å². The highest BCUT2D eigenvalue weighted by Gasteiger charge is 2.52. The van der Waals surface area contributed by atoms with Gasteiger partial charge in [0.05, 0.1) is 29.8 Å². The topological polar surface area (TPSA) is 83.8 Å². The standard InChI is InChI=1S/C27H31F3N6O2S/c1-26(2)24(38)35(20-9-7-18(16-31)22(15-20)27(28,29)30)25(39)36(26)21-10-8-19(32-17-21)5-4-6-23(37)34-13-11-33(3)12-14-34/h7-10,15,17-18,22H,4-6,11-14H2,1-3H3. The summed E-state index contributed by atoms with van der Waals surface area (Å²) in [5.41, 5.74) is 0.123. The van der Waals surface area contributed by atoms with Gasteiger partial charge in [-0.1, -0.05) is 6.08 Å². The molecule has 2 amide bonds. The summed E-state index contributed by atoms with van der Waals surface area (Å²) in [6.07, 6.45) is 2.02. The van der Waals surface area contributed by atoms with Gasteiger partial charge in [-0.05, 0) is 70.2 Å². The van der Waals surface area contributed by atoms with E-state index < -0.39 is 29.5 Å². The van der Waals surface area contributed by atoms with Crippen molar-refractivity contribution >= 4 is 34.8 Å². The van der Waals surface area contributed by atoms with Gasteiger partial charge in [-0.3, -0.25) is 19.5 Å². The van der Waals surface area contributed by atoms with E-state index in [2.05, 4.69) is 9.88 Å². The number of likely N-dealkylation sites (N-methyl/N-ethyl adjacent to an activating group) is 1. The van der Waals surface area contributed by atoms with E-state index in [1.165, 1.54) is 6.08 Å². The average molecular weight is 561 g/mol. The molecule has 0 bridgehead atoms. The highest BCUT2D eigenvalue weighted by atomic mass is 32.1. The lowest BCUT2D eigenvalue weighted by Gasteiger charge is -2.32. The number of allylic oxidation sites excluding steroid dienone is 3. The summed E-state index contributed by atoms with van der Waals surface area (Å²) in [6.45, 7) is 6.52. The number of carbonyl (C=O) groups is 2. The van der Waals surface area contributed by atoms with Crippen LogP contribution in [-0.4, -0.2) is 81.6 Å². The molecule has 1 aromatic heterocycles. The van der Waals surface area contributed by atoms with E-state index in [4.69, 9.17) is 17.5 Å². The van der Waals surface area contributed by atoms with Crippen LogP contribution in [0.3, 0.4) is 0 Å². The summed E-state index contributed by atoms with van der Waals surface area (Å²) in [5.74, 6) is -3.76. The fourth-order valence-corrected chi connectivity index (χ4v) is 5.55. The van der Waals surface area contributed by atoms with Gasteiger partial charge in [-0.25, -0.2) is 0 Å². The largest absolute Gasteiger partial charge is 0.396 e. The minimum atomic E-state index is -4.65. The lowest BCUT2D eigenvalue weighted by atomic mass is 9.87. The second-order valence-corrected chi connectivity index (χ2v) is 10.9. The molecule has 0 radical (unpaired) electrons. The molecule has 39 heavy (non-hydrogen) atoms. The molecule has 8 nitrogen and oxygen atoms in total. The normalized spacial score (nSPS) is 23.7. The van der Waals surface area contributed by atoms with Gasteiger partial charge >= 0.3 is 6.18 Å². The third kappa shape index (κ3) is 5.84. The number of rotatable bonds is 6. The number of piperazine rings is 1. The van der Waals surface area contributed by atoms with Crippen LogP contribution in [0, 0.1) is 23.2 Å². The molecule has 2 saturated heterocycles. The van der Waals surface area contributed by atoms with Crippen molar-refractivity contribution in [2.45, 2.75) is 44.8 Å². The summed E-state index contributed by atoms with van der Waals surface area (Å²) in [5, 5.41) is 9.19. The highest BCUT2D eigenvalue weighted by molar-refractivity contribution is 7.80. The van der Waals surface area contributed by atoms with Crippen LogP contribution in [0.5, 0.6) is 0 Å². The molecule has 1 aliphatic carbocycles. The van der Waals surface area contributed by atoms with E-state index in [0.29, 0.717) is 24.9 Å². The maximum absolute atomic E-state index is 13.6. The third-order valence-corrected chi connectivity index (χ3v) is 7.78. The molecule has 12 heteroatoms. The number of aryl methyl sites for hydroxylation is 1. The first-order valence-corrected chi connectivity index (χ1v) is 13.2. The molecular weight excluding hydrogens is 529 g/mol. The number of alkyl halides is 3. The number of halogens is 3. The smallest absolute Gasteiger partial charge is 0.340 e. The number of carbonyl (C=O) groups excluding carboxylic acids is 2. The molecule has 2 unspecified atom stereocenters. The zero-order valence-corrected chi connectivity index (χ0v) is 22.9. The van der Waals surface area contributed by atoms with E-state index in [0.717, 1.165) is 48.9 Å². The molecule has 3 heterocycles. The number of thiocarbonyl (C=S) groups is 1. The number of hydrogen-bond donors (Lipinski definition) is 0. The molecule has 208 valence electrons. The minimum Gasteiger partial charge on any atom is -0.340 e. The maximum atomic E-state index is 13.6. The fraction of sp³-hybridized carbons (Fsp3) is 0.519. The SMILES string of the molecule is CN1CCN(C(=O)CCCc2ccc(N3C(=S)N(C4=CC(C(F)(F)F)C(C#N)C=C4)C(=O)C3(C)C)cn2)CC1. The lowest BCUT2D eigenvalue weighted by Crippen LogP contribution is -2.47. The average Bonchev–Trinajstić information content (AvgIpc) is 3.07. The predicted molar refractivity (Wildman–Crippen MR) is 143 cm³/mol. The van der Waals surface area contributed by atoms with Gasteiger partial charge in [-0.15, -0.1) is 0 Å². The van der Waals surface area contributed by atoms with Crippen LogP contribution < -0.4 is 4.90 Å². The number of nitrogens with zero attached hydrogens (tertiary/aromatic N) is 6. The Kier molecular flexibility index (Phi) is 8.14. The Morgan fingerprint density at radius 2 is 1.92 bits per heavy atom. The number of aromatic nitrogens is 1. The van der Waals surface area contributed by atoms with E-state index in [1.54, 1.807) is 43.1 Å². The monoisotopic (exact) mass is 560 g/mol. The van der Waals surface area contributed by atoms with Crippen molar-refractivity contribution in [3.63, 3.8) is 0 Å². The molecule has 2 fully saturated rings. The summed E-state index contributed by atoms with van der Waals surface area (Å²) >= 11 is 5.58. The van der Waals surface area contributed by atoms with Crippen molar-refractivity contribution in [2.24, 2.45) is 11.8 Å². The first kappa shape index (κ1) is 28.7. The minimum absolute atomic E-state index is 0.0102. The zero-order chi connectivity index (χ0) is 28.5. The molecule has 0 saturated carbocycles. The second-order valence-electron chi connectivity index (χ2n) is 10.5. The van der Waals surface area contributed by atoms with Gasteiger partial charge in [0.2, 0.25) is 5.91 Å². The first-order valence-electron chi connectivity index (χ1n) is 12.8. The van der Waals surface area contributed by atoms with Crippen molar-refractivity contribution in [2.75, 3.05) is 38.1 Å². The predicted octanol–water partition coefficient (Wildman–Crippen LogP) is 3.66. The van der Waals surface area contributed by atoms with Crippen LogP contribution in [0.15, 0.2) is 42.3 Å². The van der Waals surface area contributed by atoms with Crippen molar-refractivity contribution in [1.82, 2.24) is 19.7 Å². The maximum Gasteiger partial charge on any atom is 0.396 e. The van der Waals surface area contributed by atoms with E-state index >= 15 is 0 Å². The van der Waals surface area contributed by atoms with Crippen LogP contribution in [0.2, 0.25) is 0 Å². The molecule has 0 aromatic carbocycles. The van der Waals surface area contributed by atoms with Gasteiger partial charge in [0, 0.05) is 44.0 Å². The fourth-order valence-electron chi connectivity index (χ4n) is 5.02. The Balaban J connectivity index is 1.44. The quantitative estimate of drug-likeness (QED) is 0.491.